The van der Waals surface area contributed by atoms with Crippen LogP contribution in [0.4, 0.5) is 0 Å². The molecule has 5 N–H and O–H groups in total. The Morgan fingerprint density at radius 2 is 2.10 bits per heavy atom. The van der Waals surface area contributed by atoms with E-state index in [1.165, 1.54) is 32.6 Å². The zero-order valence-electron chi connectivity index (χ0n) is 23.2. The largest absolute Gasteiger partial charge is 0.381 e. The van der Waals surface area contributed by atoms with Crippen molar-refractivity contribution in [3.05, 3.63) is 77.7 Å². The molecule has 2 aliphatic heterocycles. The average molecular weight is 552 g/mol. The lowest BCUT2D eigenvalue weighted by molar-refractivity contribution is -0.0228. The minimum atomic E-state index is -1.17. The molecule has 0 radical (unpaired) electrons. The fourth-order valence-corrected chi connectivity index (χ4v) is 5.50. The standard InChI is InChI=1S/C29H35N5O2.C2H6O2.2H2/c1-2-24(17-31-29(35)21-13-14-30-16-21)33-28-8-4-7-27(34-28)26-6-3-5-25(32-26)12-10-20-9-11-22-18-36-19-23(22)15-20;1-2(3)4;;/h3,5-7,13-14,16,20,22-23,30H,1,4,8-12,15,17-19H2,(H,31,35)(H,33,34);2-4H,1H3;2*1H/t20?,22-,23-;;;/m1.../s1. The van der Waals surface area contributed by atoms with Crippen LogP contribution in [0.25, 0.3) is 5.70 Å². The van der Waals surface area contributed by atoms with Gasteiger partial charge in [0.25, 0.3) is 5.91 Å². The number of hydrogen-bond acceptors (Lipinski definition) is 7. The van der Waals surface area contributed by atoms with Crippen LogP contribution >= 0.6 is 0 Å². The first kappa shape index (κ1) is 29.5. The number of allylic oxidation sites excluding steroid dienone is 1. The molecule has 2 aromatic heterocycles. The molecule has 0 bridgehead atoms. The molecular formula is C31H45N5O4. The second-order valence-electron chi connectivity index (χ2n) is 10.7. The Labute approximate surface area is 239 Å². The van der Waals surface area contributed by atoms with Gasteiger partial charge in [-0.3, -0.25) is 9.78 Å². The number of carbonyl (C=O) groups excluding carboxylic acids is 1. The van der Waals surface area contributed by atoms with Crippen LogP contribution in [0.1, 0.15) is 70.0 Å². The molecule has 1 amide bonds. The summed E-state index contributed by atoms with van der Waals surface area (Å²) in [6, 6.07) is 7.98. The van der Waals surface area contributed by atoms with Crippen LogP contribution in [-0.4, -0.2) is 58.0 Å². The fraction of sp³-hybridized carbons (Fsp3) is 0.484. The highest BCUT2D eigenvalue weighted by Gasteiger charge is 2.34. The van der Waals surface area contributed by atoms with Gasteiger partial charge in [-0.05, 0) is 75.0 Å². The summed E-state index contributed by atoms with van der Waals surface area (Å²) in [5.74, 6) is 3.03. The first-order valence-corrected chi connectivity index (χ1v) is 14.2. The zero-order valence-corrected chi connectivity index (χ0v) is 23.2. The van der Waals surface area contributed by atoms with E-state index in [-0.39, 0.29) is 8.76 Å². The van der Waals surface area contributed by atoms with Crippen LogP contribution in [0.3, 0.4) is 0 Å². The first-order valence-electron chi connectivity index (χ1n) is 14.2. The maximum absolute atomic E-state index is 12.2. The normalized spacial score (nSPS) is 21.8. The van der Waals surface area contributed by atoms with Crippen molar-refractivity contribution < 1.29 is 22.6 Å². The Kier molecular flexibility index (Phi) is 10.9. The molecule has 0 aromatic carbocycles. The van der Waals surface area contributed by atoms with E-state index in [0.29, 0.717) is 17.8 Å². The molecule has 40 heavy (non-hydrogen) atoms. The van der Waals surface area contributed by atoms with E-state index in [1.807, 2.05) is 6.07 Å². The summed E-state index contributed by atoms with van der Waals surface area (Å²) in [4.78, 5) is 24.9. The molecule has 4 heterocycles. The number of nitrogens with one attached hydrogen (secondary N) is 3. The molecule has 9 heteroatoms. The number of rotatable bonds is 8. The maximum Gasteiger partial charge on any atom is 0.253 e. The van der Waals surface area contributed by atoms with Gasteiger partial charge in [-0.15, -0.1) is 5.73 Å². The molecule has 218 valence electrons. The number of carbonyl (C=O) groups is 1. The van der Waals surface area contributed by atoms with Gasteiger partial charge in [-0.1, -0.05) is 25.1 Å². The predicted octanol–water partition coefficient (Wildman–Crippen LogP) is 4.44. The van der Waals surface area contributed by atoms with Crippen LogP contribution in [0.15, 0.2) is 65.7 Å². The van der Waals surface area contributed by atoms with Crippen LogP contribution < -0.4 is 10.6 Å². The molecule has 0 spiro atoms. The monoisotopic (exact) mass is 551 g/mol. The Morgan fingerprint density at radius 3 is 2.88 bits per heavy atom. The lowest BCUT2D eigenvalue weighted by atomic mass is 9.74. The molecule has 1 unspecified atom stereocenters. The second kappa shape index (κ2) is 14.8. The van der Waals surface area contributed by atoms with E-state index < -0.39 is 6.29 Å². The number of aromatic amines is 1. The van der Waals surface area contributed by atoms with Gasteiger partial charge in [0.05, 0.1) is 29.2 Å². The summed E-state index contributed by atoms with van der Waals surface area (Å²) in [7, 11) is 0. The SMILES string of the molecule is C=C=C(CNC(=O)c1cc[nH]c1)NC1=NC(c2cccc(CCC3CC[C@@H]4COC[C@H]4C3)n2)=CCC1.CC(O)O.[HH].[HH]. The number of aromatic nitrogens is 2. The zero-order chi connectivity index (χ0) is 28.3. The highest BCUT2D eigenvalue weighted by atomic mass is 16.5. The second-order valence-corrected chi connectivity index (χ2v) is 10.7. The number of aliphatic imine (C=N–C) groups is 1. The molecule has 1 aliphatic carbocycles. The lowest BCUT2D eigenvalue weighted by Crippen LogP contribution is -2.33. The van der Waals surface area contributed by atoms with Crippen molar-refractivity contribution in [1.29, 1.82) is 0 Å². The van der Waals surface area contributed by atoms with Gasteiger partial charge in [0.2, 0.25) is 0 Å². The van der Waals surface area contributed by atoms with Crippen LogP contribution in [0, 0.1) is 17.8 Å². The summed E-state index contributed by atoms with van der Waals surface area (Å²) in [6.07, 6.45) is 12.2. The van der Waals surface area contributed by atoms with Crippen molar-refractivity contribution in [3.8, 4) is 0 Å². The third-order valence-corrected chi connectivity index (χ3v) is 7.56. The van der Waals surface area contributed by atoms with E-state index in [4.69, 9.17) is 24.9 Å². The molecule has 1 saturated heterocycles. The Bertz CT molecular complexity index is 1240. The minimum absolute atomic E-state index is 0. The van der Waals surface area contributed by atoms with Gasteiger partial charge < -0.3 is 30.6 Å². The number of amides is 1. The van der Waals surface area contributed by atoms with Crippen molar-refractivity contribution in [2.75, 3.05) is 19.8 Å². The number of aliphatic hydroxyl groups excluding tert-OH is 1. The van der Waals surface area contributed by atoms with Crippen molar-refractivity contribution in [2.24, 2.45) is 22.7 Å². The molecule has 5 rings (SSSR count). The van der Waals surface area contributed by atoms with Crippen LogP contribution in [0.5, 0.6) is 0 Å². The molecule has 2 aromatic rings. The molecule has 3 aliphatic rings. The van der Waals surface area contributed by atoms with Gasteiger partial charge in [-0.2, -0.15) is 0 Å². The number of fused-ring (bicyclic) bond motifs is 1. The average Bonchev–Trinajstić information content (AvgIpc) is 3.66. The molecule has 1 saturated carbocycles. The number of aliphatic hydroxyl groups is 2. The molecule has 3 atom stereocenters. The highest BCUT2D eigenvalue weighted by molar-refractivity contribution is 5.94. The Hall–Kier alpha value is -3.49. The summed E-state index contributed by atoms with van der Waals surface area (Å²) in [5.41, 5.74) is 7.08. The fourth-order valence-electron chi connectivity index (χ4n) is 5.50. The number of hydrogen-bond donors (Lipinski definition) is 5. The van der Waals surface area contributed by atoms with Crippen molar-refractivity contribution in [2.45, 2.75) is 58.2 Å². The predicted molar refractivity (Wildman–Crippen MR) is 159 cm³/mol. The van der Waals surface area contributed by atoms with E-state index in [9.17, 15) is 4.79 Å². The van der Waals surface area contributed by atoms with E-state index in [0.717, 1.165) is 73.2 Å². The number of pyridine rings is 1. The van der Waals surface area contributed by atoms with Crippen molar-refractivity contribution >= 4 is 17.4 Å². The lowest BCUT2D eigenvalue weighted by Gasteiger charge is -2.30. The maximum atomic E-state index is 12.2. The summed E-state index contributed by atoms with van der Waals surface area (Å²) in [5, 5.41) is 21.4. The summed E-state index contributed by atoms with van der Waals surface area (Å²) >= 11 is 0. The number of H-pyrrole nitrogens is 1. The highest BCUT2D eigenvalue weighted by Crippen LogP contribution is 2.39. The number of aryl methyl sites for hydroxylation is 1. The quantitative estimate of drug-likeness (QED) is 0.244. The smallest absolute Gasteiger partial charge is 0.253 e. The Morgan fingerprint density at radius 1 is 1.27 bits per heavy atom. The minimum Gasteiger partial charge on any atom is -0.381 e. The van der Waals surface area contributed by atoms with Crippen LogP contribution in [-0.2, 0) is 11.2 Å². The third kappa shape index (κ3) is 8.76. The third-order valence-electron chi connectivity index (χ3n) is 7.56. The topological polar surface area (TPSA) is 132 Å². The van der Waals surface area contributed by atoms with Gasteiger partial charge in [0, 0.05) is 40.6 Å². The van der Waals surface area contributed by atoms with Gasteiger partial charge in [-0.25, -0.2) is 4.99 Å². The van der Waals surface area contributed by atoms with E-state index >= 15 is 0 Å². The van der Waals surface area contributed by atoms with Crippen molar-refractivity contribution in [1.82, 2.24) is 20.6 Å². The Balaban J connectivity index is 0.000000967. The van der Waals surface area contributed by atoms with Gasteiger partial charge >= 0.3 is 0 Å². The van der Waals surface area contributed by atoms with Crippen molar-refractivity contribution in [3.63, 3.8) is 0 Å². The molecular weight excluding hydrogens is 506 g/mol. The van der Waals surface area contributed by atoms with E-state index in [2.05, 4.69) is 46.1 Å². The first-order chi connectivity index (χ1) is 19.4. The van der Waals surface area contributed by atoms with Gasteiger partial charge in [0.1, 0.15) is 12.1 Å². The van der Waals surface area contributed by atoms with Crippen LogP contribution in [0.2, 0.25) is 0 Å². The summed E-state index contributed by atoms with van der Waals surface area (Å²) in [6.45, 7) is 7.27. The molecule has 2 fully saturated rings. The number of ether oxygens (including phenoxy) is 1. The molecule has 9 nitrogen and oxygen atoms in total. The number of amidine groups is 1. The van der Waals surface area contributed by atoms with E-state index in [1.54, 1.807) is 18.5 Å². The summed E-state index contributed by atoms with van der Waals surface area (Å²) < 4.78 is 5.70. The number of nitrogens with zero attached hydrogens (tertiary/aromatic N) is 2. The van der Waals surface area contributed by atoms with Gasteiger partial charge in [0.15, 0.2) is 0 Å².